The van der Waals surface area contributed by atoms with Crippen LogP contribution in [-0.2, 0) is 0 Å². The number of benzene rings is 2. The van der Waals surface area contributed by atoms with Gasteiger partial charge in [0.2, 0.25) is 0 Å². The van der Waals surface area contributed by atoms with Crippen LogP contribution < -0.4 is 9.47 Å². The Morgan fingerprint density at radius 2 is 1.43 bits per heavy atom. The zero-order valence-corrected chi connectivity index (χ0v) is 25.3. The number of nitrogens with one attached hydrogen (secondary N) is 1. The van der Waals surface area contributed by atoms with Crippen LogP contribution in [0.3, 0.4) is 0 Å². The van der Waals surface area contributed by atoms with E-state index in [4.69, 9.17) is 15.0 Å². The van der Waals surface area contributed by atoms with E-state index in [2.05, 4.69) is 46.9 Å². The molecule has 2 aromatic carbocycles. The number of rotatable bonds is 5. The van der Waals surface area contributed by atoms with Crippen LogP contribution in [0.15, 0.2) is 76.5 Å². The van der Waals surface area contributed by atoms with Crippen LogP contribution in [0, 0.1) is 11.8 Å². The molecule has 3 heterocycles. The Morgan fingerprint density at radius 1 is 0.825 bits per heavy atom. The van der Waals surface area contributed by atoms with E-state index < -0.39 is 8.24 Å². The lowest BCUT2D eigenvalue weighted by molar-refractivity contribution is 0.414. The molecule has 0 fully saturated rings. The van der Waals surface area contributed by atoms with Crippen LogP contribution in [0.2, 0.25) is 19.6 Å². The van der Waals surface area contributed by atoms with Crippen molar-refractivity contribution >= 4 is 30.9 Å². The zero-order valence-electron chi connectivity index (χ0n) is 22.7. The second-order valence-corrected chi connectivity index (χ2v) is 15.1. The number of nitrogens with zero attached hydrogens (tertiary/aromatic N) is 7. The van der Waals surface area contributed by atoms with Gasteiger partial charge in [-0.05, 0) is 64.9 Å². The normalized spacial score (nSPS) is 9.93. The number of aromatic amines is 1. The summed E-state index contributed by atoms with van der Waals surface area (Å²) >= 11 is 3.08. The van der Waals surface area contributed by atoms with E-state index in [9.17, 15) is 0 Å². The number of aromatic nitrogens is 5. The van der Waals surface area contributed by atoms with Crippen LogP contribution >= 0.6 is 22.7 Å². The van der Waals surface area contributed by atoms with Crippen molar-refractivity contribution in [3.63, 3.8) is 0 Å². The molecule has 0 saturated carbocycles. The van der Waals surface area contributed by atoms with Crippen LogP contribution in [0.1, 0.15) is 10.6 Å². The molecule has 0 aliphatic carbocycles. The summed E-state index contributed by atoms with van der Waals surface area (Å²) in [7, 11) is 1.85. The third-order valence-corrected chi connectivity index (χ3v) is 6.88. The number of thiazole rings is 2. The number of hydrogen-bond donors (Lipinski definition) is 1. The lowest BCUT2D eigenvalue weighted by Gasteiger charge is -2.01. The molecule has 40 heavy (non-hydrogen) atoms. The maximum atomic E-state index is 7.89. The summed E-state index contributed by atoms with van der Waals surface area (Å²) < 4.78 is 13.8. The highest BCUT2D eigenvalue weighted by atomic mass is 32.1. The van der Waals surface area contributed by atoms with E-state index in [-0.39, 0.29) is 0 Å². The fraction of sp³-hybridized carbons (Fsp3) is 0.185. The highest BCUT2D eigenvalue weighted by molar-refractivity contribution is 7.13. The Kier molecular flexibility index (Phi) is 11.4. The number of azide groups is 1. The first kappa shape index (κ1) is 30.1. The molecule has 3 aromatic heterocycles. The Morgan fingerprint density at radius 3 is 1.93 bits per heavy atom. The lowest BCUT2D eigenvalue weighted by atomic mass is 10.1. The smallest absolute Gasteiger partial charge is 0.167 e. The minimum Gasteiger partial charge on any atom is -0.497 e. The summed E-state index contributed by atoms with van der Waals surface area (Å²) in [6.07, 6.45) is 3.51. The minimum absolute atomic E-state index is 0.773. The van der Waals surface area contributed by atoms with Gasteiger partial charge in [-0.1, -0.05) is 25.6 Å². The van der Waals surface area contributed by atoms with Gasteiger partial charge in [-0.15, -0.1) is 27.5 Å². The topological polar surface area (TPSA) is 135 Å². The van der Waals surface area contributed by atoms with Crippen molar-refractivity contribution in [2.45, 2.75) is 19.6 Å². The van der Waals surface area contributed by atoms with Crippen molar-refractivity contribution < 1.29 is 9.47 Å². The fourth-order valence-electron chi connectivity index (χ4n) is 2.89. The molecule has 0 spiro atoms. The Labute approximate surface area is 241 Å². The maximum Gasteiger partial charge on any atom is 0.167 e. The highest BCUT2D eigenvalue weighted by Gasteiger charge is 2.14. The molecule has 0 bridgehead atoms. The van der Waals surface area contributed by atoms with Gasteiger partial charge in [-0.3, -0.25) is 0 Å². The van der Waals surface area contributed by atoms with Gasteiger partial charge >= 0.3 is 0 Å². The lowest BCUT2D eigenvalue weighted by Crippen LogP contribution is -2.13. The number of hydrogen-bond acceptors (Lipinski definition) is 9. The van der Waals surface area contributed by atoms with E-state index in [0.29, 0.717) is 0 Å². The Bertz CT molecular complexity index is 1550. The highest BCUT2D eigenvalue weighted by Crippen LogP contribution is 2.30. The van der Waals surface area contributed by atoms with Gasteiger partial charge in [0.1, 0.15) is 36.1 Å². The molecule has 0 atom stereocenters. The average molecular weight is 589 g/mol. The molecule has 0 radical (unpaired) electrons. The van der Waals surface area contributed by atoms with E-state index in [1.165, 1.54) is 11.3 Å². The number of methoxy groups -OCH3 is 2. The predicted octanol–water partition coefficient (Wildman–Crippen LogP) is 7.29. The van der Waals surface area contributed by atoms with Gasteiger partial charge < -0.3 is 9.47 Å². The van der Waals surface area contributed by atoms with Crippen LogP contribution in [-0.4, -0.2) is 47.8 Å². The molecule has 0 amide bonds. The van der Waals surface area contributed by atoms with Gasteiger partial charge in [0.05, 0.1) is 14.2 Å². The monoisotopic (exact) mass is 588 g/mol. The van der Waals surface area contributed by atoms with Crippen molar-refractivity contribution in [1.29, 1.82) is 0 Å². The van der Waals surface area contributed by atoms with Gasteiger partial charge in [0, 0.05) is 34.3 Å². The largest absolute Gasteiger partial charge is 0.497 e. The van der Waals surface area contributed by atoms with Crippen molar-refractivity contribution in [3.8, 4) is 45.3 Å². The fourth-order valence-corrected chi connectivity index (χ4v) is 4.27. The summed E-state index contributed by atoms with van der Waals surface area (Å²) in [6, 6.07) is 15.4. The summed E-state index contributed by atoms with van der Waals surface area (Å²) in [4.78, 5) is 11.0. The third-order valence-electron chi connectivity index (χ3n) is 4.73. The van der Waals surface area contributed by atoms with Crippen LogP contribution in [0.5, 0.6) is 11.5 Å². The summed E-state index contributed by atoms with van der Waals surface area (Å²) in [6.45, 7) is 5.98. The van der Waals surface area contributed by atoms with E-state index in [0.717, 1.165) is 44.0 Å². The zero-order chi connectivity index (χ0) is 28.8. The molecule has 0 aliphatic rings. The van der Waals surface area contributed by atoms with Gasteiger partial charge in [0.15, 0.2) is 5.01 Å². The maximum absolute atomic E-state index is 7.89. The van der Waals surface area contributed by atoms with E-state index >= 15 is 0 Å². The molecule has 5 aromatic rings. The van der Waals surface area contributed by atoms with Crippen molar-refractivity contribution in [2.24, 2.45) is 4.78 Å². The Hall–Kier alpha value is -4.47. The first-order valence-corrected chi connectivity index (χ1v) is 17.1. The van der Waals surface area contributed by atoms with Crippen molar-refractivity contribution in [2.75, 3.05) is 14.2 Å². The first-order valence-electron chi connectivity index (χ1n) is 11.9. The first-order chi connectivity index (χ1) is 19.3. The number of ether oxygens (including phenoxy) is 2. The van der Waals surface area contributed by atoms with Crippen molar-refractivity contribution in [1.82, 2.24) is 25.4 Å². The summed E-state index contributed by atoms with van der Waals surface area (Å²) in [5, 5.41) is 16.5. The minimum atomic E-state index is -1.45. The molecule has 1 N–H and O–H groups in total. The molecule has 0 aliphatic heterocycles. The third kappa shape index (κ3) is 9.68. The molecule has 13 heteroatoms. The molecule has 5 rings (SSSR count). The van der Waals surface area contributed by atoms with Gasteiger partial charge in [-0.2, -0.15) is 15.4 Å². The molecule has 0 unspecified atom stereocenters. The summed E-state index contributed by atoms with van der Waals surface area (Å²) in [5.41, 5.74) is 11.4. The standard InChI is InChI=1S/C12H10N4OS.C12H9NOS.C3H9N3Si/c1-17-9-4-2-8(3-5-9)10-11(15-16-14-10)12-13-6-7-18-12;1-14-11-5-2-10(3-6-11)4-7-12-13-8-9-15-12;1-7(2,3)6-5-4/h2-7H,1H3,(H,14,15,16);2-3,5-6,8-9H,1H3;1-3H3. The van der Waals surface area contributed by atoms with Crippen molar-refractivity contribution in [3.05, 3.63) is 92.7 Å². The SMILES string of the molecule is COc1ccc(-c2n[nH]nc2-c2nccs2)cc1.COc1ccc(C#Cc2nccs2)cc1.C[Si](C)(C)N=[N+]=[N-]. The number of H-pyrrole nitrogens is 1. The molecular formula is C27H28N8O2S2Si. The van der Waals surface area contributed by atoms with Gasteiger partial charge in [-0.25, -0.2) is 9.97 Å². The van der Waals surface area contributed by atoms with Gasteiger partial charge in [0.25, 0.3) is 0 Å². The van der Waals surface area contributed by atoms with Crippen LogP contribution in [0.4, 0.5) is 0 Å². The van der Waals surface area contributed by atoms with E-state index in [1.807, 2.05) is 78.9 Å². The average Bonchev–Trinajstić information content (AvgIpc) is 3.75. The quantitative estimate of drug-likeness (QED) is 0.0753. The molecular weight excluding hydrogens is 561 g/mol. The second kappa shape index (κ2) is 15.2. The second-order valence-electron chi connectivity index (χ2n) is 8.76. The van der Waals surface area contributed by atoms with Crippen LogP contribution in [0.25, 0.3) is 32.4 Å². The molecule has 204 valence electrons. The Balaban J connectivity index is 0.000000182. The predicted molar refractivity (Wildman–Crippen MR) is 163 cm³/mol. The van der Waals surface area contributed by atoms with E-state index in [1.54, 1.807) is 38.0 Å². The molecule has 10 nitrogen and oxygen atoms in total. The molecule has 0 saturated heterocycles. The summed E-state index contributed by atoms with van der Waals surface area (Å²) in [5.74, 6) is 7.70.